The van der Waals surface area contributed by atoms with Crippen molar-refractivity contribution < 1.29 is 27.6 Å². The molecule has 1 radical (unpaired) electrons. The summed E-state index contributed by atoms with van der Waals surface area (Å²) in [6.45, 7) is 0. The molecule has 9 heteroatoms. The summed E-state index contributed by atoms with van der Waals surface area (Å²) in [4.78, 5) is 27.4. The van der Waals surface area contributed by atoms with E-state index in [4.69, 9.17) is 4.52 Å². The summed E-state index contributed by atoms with van der Waals surface area (Å²) in [7, 11) is -3.82. The Morgan fingerprint density at radius 1 is 1.27 bits per heavy atom. The molecule has 1 saturated carbocycles. The molecule has 8 nitrogen and oxygen atoms in total. The number of benzene rings is 1. The zero-order valence-electron chi connectivity index (χ0n) is 13.7. The molecule has 26 heavy (non-hydrogen) atoms. The molecule has 1 aliphatic rings. The third-order valence-electron chi connectivity index (χ3n) is 4.06. The highest BCUT2D eigenvalue weighted by Crippen LogP contribution is 2.32. The van der Waals surface area contributed by atoms with E-state index in [0.29, 0.717) is 5.56 Å². The molecule has 1 N–H and O–H groups in total. The van der Waals surface area contributed by atoms with Crippen molar-refractivity contribution in [1.82, 2.24) is 10.1 Å². The predicted molar refractivity (Wildman–Crippen MR) is 90.9 cm³/mol. The first-order valence-corrected chi connectivity index (χ1v) is 9.79. The third kappa shape index (κ3) is 4.34. The molecule has 1 aliphatic carbocycles. The van der Waals surface area contributed by atoms with Gasteiger partial charge in [-0.05, 0) is 37.3 Å². The van der Waals surface area contributed by atoms with E-state index in [1.54, 1.807) is 24.3 Å². The smallest absolute Gasteiger partial charge is 0.321 e. The van der Waals surface area contributed by atoms with Gasteiger partial charge in [-0.1, -0.05) is 23.4 Å². The number of aliphatic carboxylic acids is 1. The van der Waals surface area contributed by atoms with Crippen LogP contribution in [0.3, 0.4) is 0 Å². The van der Waals surface area contributed by atoms with E-state index in [9.17, 15) is 23.1 Å². The number of Topliss-reactive ketones (excluding diaryl/α,β-unsaturated/α-hetero) is 1. The molecule has 0 amide bonds. The van der Waals surface area contributed by atoms with E-state index in [0.717, 1.165) is 19.3 Å². The zero-order valence-corrected chi connectivity index (χ0v) is 14.6. The van der Waals surface area contributed by atoms with Crippen LogP contribution in [0.5, 0.6) is 0 Å². The van der Waals surface area contributed by atoms with Crippen molar-refractivity contribution in [1.29, 1.82) is 0 Å². The van der Waals surface area contributed by atoms with Gasteiger partial charge in [-0.2, -0.15) is 4.98 Å². The van der Waals surface area contributed by atoms with Crippen molar-refractivity contribution in [2.75, 3.05) is 5.75 Å². The molecular formula is C17H17N2O6S. The van der Waals surface area contributed by atoms with Crippen LogP contribution in [0.1, 0.15) is 29.9 Å². The minimum Gasteiger partial charge on any atom is -0.480 e. The number of carbonyl (C=O) groups excluding carboxylic acids is 1. The molecule has 1 fully saturated rings. The van der Waals surface area contributed by atoms with Crippen LogP contribution in [-0.2, 0) is 14.6 Å². The van der Waals surface area contributed by atoms with Crippen LogP contribution < -0.4 is 0 Å². The highest BCUT2D eigenvalue weighted by atomic mass is 32.2. The van der Waals surface area contributed by atoms with Crippen LogP contribution in [0.25, 0.3) is 11.5 Å². The second-order valence-corrected chi connectivity index (χ2v) is 8.42. The topological polar surface area (TPSA) is 127 Å². The highest BCUT2D eigenvalue weighted by Gasteiger charge is 2.38. The number of hydrogen-bond donors (Lipinski definition) is 1. The molecule has 137 valence electrons. The summed E-state index contributed by atoms with van der Waals surface area (Å²) < 4.78 is 29.4. The average Bonchev–Trinajstić information content (AvgIpc) is 3.25. The molecule has 3 rings (SSSR count). The van der Waals surface area contributed by atoms with Crippen molar-refractivity contribution in [3.63, 3.8) is 0 Å². The van der Waals surface area contributed by atoms with Crippen molar-refractivity contribution >= 4 is 21.6 Å². The van der Waals surface area contributed by atoms with E-state index in [-0.39, 0.29) is 23.4 Å². The number of sulfone groups is 1. The fourth-order valence-electron chi connectivity index (χ4n) is 2.46. The predicted octanol–water partition coefficient (Wildman–Crippen LogP) is 1.79. The molecule has 1 aromatic heterocycles. The highest BCUT2D eigenvalue weighted by molar-refractivity contribution is 7.92. The first-order chi connectivity index (χ1) is 12.4. The van der Waals surface area contributed by atoms with Crippen molar-refractivity contribution in [3.8, 4) is 11.5 Å². The van der Waals surface area contributed by atoms with Crippen molar-refractivity contribution in [2.45, 2.75) is 24.5 Å². The molecule has 1 heterocycles. The largest absolute Gasteiger partial charge is 0.480 e. The number of hydrogen-bond acceptors (Lipinski definition) is 7. The van der Waals surface area contributed by atoms with Crippen molar-refractivity contribution in [2.24, 2.45) is 5.92 Å². The van der Waals surface area contributed by atoms with E-state index in [1.807, 2.05) is 6.07 Å². The van der Waals surface area contributed by atoms with Gasteiger partial charge in [-0.3, -0.25) is 9.59 Å². The van der Waals surface area contributed by atoms with Crippen LogP contribution in [0.4, 0.5) is 0 Å². The van der Waals surface area contributed by atoms with E-state index in [1.165, 1.54) is 0 Å². The Balaban J connectivity index is 1.65. The maximum absolute atomic E-state index is 12.2. The summed E-state index contributed by atoms with van der Waals surface area (Å²) in [5.41, 5.74) is 0.634. The monoisotopic (exact) mass is 377 g/mol. The summed E-state index contributed by atoms with van der Waals surface area (Å²) in [6, 6.07) is 8.82. The number of rotatable bonds is 9. The molecular weight excluding hydrogens is 360 g/mol. The lowest BCUT2D eigenvalue weighted by atomic mass is 10.1. The standard InChI is InChI=1S/C17H17N2O6S/c20-13(15-18-16(25-19-15)12-4-2-1-3-5-12)8-9-14(17(21)22)26(23,24)10-11-6-7-11/h1-5,8,11,14H,6-7,9-10H2,(H,21,22). The lowest BCUT2D eigenvalue weighted by molar-refractivity contribution is -0.136. The van der Waals surface area contributed by atoms with Crippen LogP contribution in [-0.4, -0.2) is 46.4 Å². The Morgan fingerprint density at radius 2 is 1.96 bits per heavy atom. The summed E-state index contributed by atoms with van der Waals surface area (Å²) in [6.07, 6.45) is 2.14. The Labute approximate surface area is 150 Å². The second-order valence-electron chi connectivity index (χ2n) is 6.19. The molecule has 0 aliphatic heterocycles. The zero-order chi connectivity index (χ0) is 18.7. The second kappa shape index (κ2) is 7.36. The molecule has 1 atom stereocenters. The number of ketones is 1. The normalized spacial score (nSPS) is 15.5. The van der Waals surface area contributed by atoms with Gasteiger partial charge in [-0.15, -0.1) is 0 Å². The number of carbonyl (C=O) groups is 2. The minimum atomic E-state index is -3.82. The van der Waals surface area contributed by atoms with Gasteiger partial charge in [0.1, 0.15) is 0 Å². The fraction of sp³-hybridized carbons (Fsp3) is 0.353. The number of aromatic nitrogens is 2. The van der Waals surface area contributed by atoms with Crippen LogP contribution >= 0.6 is 0 Å². The molecule has 0 saturated heterocycles. The molecule has 1 unspecified atom stereocenters. The van der Waals surface area contributed by atoms with Gasteiger partial charge in [0.2, 0.25) is 11.6 Å². The fourth-order valence-corrected chi connectivity index (χ4v) is 4.38. The Morgan fingerprint density at radius 3 is 2.58 bits per heavy atom. The van der Waals surface area contributed by atoms with Gasteiger partial charge in [0, 0.05) is 12.0 Å². The SMILES string of the molecule is O=C([CH]CC(C(=O)O)S(=O)(=O)CC1CC1)c1noc(-c2ccccc2)n1. The third-order valence-corrected chi connectivity index (χ3v) is 6.26. The lowest BCUT2D eigenvalue weighted by Gasteiger charge is -2.12. The van der Waals surface area contributed by atoms with Gasteiger partial charge >= 0.3 is 5.97 Å². The maximum atomic E-state index is 12.2. The van der Waals surface area contributed by atoms with E-state index in [2.05, 4.69) is 10.1 Å². The number of nitrogens with zero attached hydrogens (tertiary/aromatic N) is 2. The quantitative estimate of drug-likeness (QED) is 0.655. The Hall–Kier alpha value is -2.55. The summed E-state index contributed by atoms with van der Waals surface area (Å²) >= 11 is 0. The Bertz CT molecular complexity index is 902. The number of carboxylic acids is 1. The Kier molecular flexibility index (Phi) is 5.17. The van der Waals surface area contributed by atoms with E-state index >= 15 is 0 Å². The number of carboxylic acid groups (broad SMARTS) is 1. The molecule has 0 spiro atoms. The van der Waals surface area contributed by atoms with Gasteiger partial charge in [0.25, 0.3) is 5.89 Å². The van der Waals surface area contributed by atoms with Crippen LogP contribution in [0.2, 0.25) is 0 Å². The maximum Gasteiger partial charge on any atom is 0.321 e. The van der Waals surface area contributed by atoms with E-state index < -0.39 is 33.3 Å². The van der Waals surface area contributed by atoms with Gasteiger partial charge in [-0.25, -0.2) is 8.42 Å². The first kappa shape index (κ1) is 18.2. The summed E-state index contributed by atoms with van der Waals surface area (Å²) in [5, 5.41) is 11.1. The lowest BCUT2D eigenvalue weighted by Crippen LogP contribution is -2.33. The van der Waals surface area contributed by atoms with Crippen molar-refractivity contribution in [3.05, 3.63) is 42.6 Å². The first-order valence-electron chi connectivity index (χ1n) is 8.08. The summed E-state index contributed by atoms with van der Waals surface area (Å²) in [5.74, 6) is -2.36. The molecule has 1 aromatic carbocycles. The van der Waals surface area contributed by atoms with Gasteiger partial charge in [0.15, 0.2) is 15.1 Å². The average molecular weight is 377 g/mol. The van der Waals surface area contributed by atoms with Gasteiger partial charge in [0.05, 0.1) is 5.75 Å². The van der Waals surface area contributed by atoms with Crippen LogP contribution in [0.15, 0.2) is 34.9 Å². The minimum absolute atomic E-state index is 0.0307. The van der Waals surface area contributed by atoms with Crippen LogP contribution in [0, 0.1) is 12.3 Å². The molecule has 2 aromatic rings. The molecule has 0 bridgehead atoms. The van der Waals surface area contributed by atoms with Gasteiger partial charge < -0.3 is 9.63 Å².